The number of rotatable bonds is 4. The second kappa shape index (κ2) is 8.14. The molecular formula is C21H12Cl2F2N2OS. The molecule has 8 heteroatoms. The van der Waals surface area contributed by atoms with E-state index in [1.54, 1.807) is 42.5 Å². The first-order valence-electron chi connectivity index (χ1n) is 8.48. The zero-order valence-corrected chi connectivity index (χ0v) is 17.0. The average molecular weight is 449 g/mol. The molecule has 0 spiro atoms. The molecule has 4 aromatic rings. The van der Waals surface area contributed by atoms with Crippen LogP contribution in [0.5, 0.6) is 0 Å². The Morgan fingerprint density at radius 2 is 1.69 bits per heavy atom. The molecule has 0 radical (unpaired) electrons. The Bertz CT molecular complexity index is 1270. The van der Waals surface area contributed by atoms with Crippen molar-refractivity contribution in [3.8, 4) is 5.69 Å². The van der Waals surface area contributed by atoms with Gasteiger partial charge >= 0.3 is 0 Å². The van der Waals surface area contributed by atoms with Crippen LogP contribution < -0.4 is 5.56 Å². The molecule has 0 fully saturated rings. The Kier molecular flexibility index (Phi) is 5.58. The topological polar surface area (TPSA) is 34.9 Å². The minimum atomic E-state index is -0.859. The Morgan fingerprint density at radius 3 is 2.41 bits per heavy atom. The Labute approximate surface area is 178 Å². The van der Waals surface area contributed by atoms with Gasteiger partial charge in [0.05, 0.1) is 16.6 Å². The number of aromatic nitrogens is 2. The maximum absolute atomic E-state index is 14.5. The Balaban J connectivity index is 1.89. The van der Waals surface area contributed by atoms with E-state index in [4.69, 9.17) is 23.2 Å². The quantitative estimate of drug-likeness (QED) is 0.272. The van der Waals surface area contributed by atoms with Crippen LogP contribution in [0.2, 0.25) is 10.0 Å². The number of benzene rings is 3. The summed E-state index contributed by atoms with van der Waals surface area (Å²) >= 11 is 13.7. The Hall–Kier alpha value is -2.41. The summed E-state index contributed by atoms with van der Waals surface area (Å²) < 4.78 is 29.1. The number of halogens is 4. The predicted octanol–water partition coefficient (Wildman–Crippen LogP) is 6.26. The van der Waals surface area contributed by atoms with Crippen molar-refractivity contribution >= 4 is 45.9 Å². The molecule has 0 saturated carbocycles. The van der Waals surface area contributed by atoms with Gasteiger partial charge in [0.15, 0.2) is 5.16 Å². The third-order valence-electron chi connectivity index (χ3n) is 4.30. The highest BCUT2D eigenvalue weighted by Crippen LogP contribution is 2.32. The van der Waals surface area contributed by atoms with Crippen molar-refractivity contribution in [1.29, 1.82) is 0 Å². The van der Waals surface area contributed by atoms with Crippen LogP contribution in [0.25, 0.3) is 16.6 Å². The van der Waals surface area contributed by atoms with Crippen molar-refractivity contribution in [2.75, 3.05) is 0 Å². The SMILES string of the molecule is O=c1c2ccccc2nc(SCc2c(Cl)cccc2Cl)n1-c1ccc(F)cc1F. The van der Waals surface area contributed by atoms with Gasteiger partial charge in [-0.3, -0.25) is 9.36 Å². The van der Waals surface area contributed by atoms with Crippen molar-refractivity contribution < 1.29 is 8.78 Å². The molecule has 29 heavy (non-hydrogen) atoms. The molecule has 1 heterocycles. The second-order valence-corrected chi connectivity index (χ2v) is 7.89. The van der Waals surface area contributed by atoms with Crippen LogP contribution in [-0.2, 0) is 5.75 Å². The second-order valence-electron chi connectivity index (χ2n) is 6.14. The van der Waals surface area contributed by atoms with E-state index < -0.39 is 17.2 Å². The lowest BCUT2D eigenvalue weighted by molar-refractivity contribution is 0.572. The van der Waals surface area contributed by atoms with Crippen molar-refractivity contribution in [2.24, 2.45) is 0 Å². The lowest BCUT2D eigenvalue weighted by Crippen LogP contribution is -2.22. The molecule has 0 N–H and O–H groups in total. The fourth-order valence-corrected chi connectivity index (χ4v) is 4.64. The van der Waals surface area contributed by atoms with E-state index in [0.29, 0.717) is 32.3 Å². The number of nitrogens with zero attached hydrogens (tertiary/aromatic N) is 2. The zero-order chi connectivity index (χ0) is 20.5. The summed E-state index contributed by atoms with van der Waals surface area (Å²) in [5.74, 6) is -1.28. The maximum Gasteiger partial charge on any atom is 0.266 e. The van der Waals surface area contributed by atoms with Crippen molar-refractivity contribution in [1.82, 2.24) is 9.55 Å². The predicted molar refractivity (Wildman–Crippen MR) is 113 cm³/mol. The Morgan fingerprint density at radius 1 is 0.966 bits per heavy atom. The van der Waals surface area contributed by atoms with Gasteiger partial charge < -0.3 is 0 Å². The van der Waals surface area contributed by atoms with Crippen LogP contribution in [-0.4, -0.2) is 9.55 Å². The number of hydrogen-bond acceptors (Lipinski definition) is 3. The van der Waals surface area contributed by atoms with E-state index in [9.17, 15) is 13.6 Å². The van der Waals surface area contributed by atoms with Crippen molar-refractivity contribution in [3.63, 3.8) is 0 Å². The first-order valence-corrected chi connectivity index (χ1v) is 10.2. The number of hydrogen-bond donors (Lipinski definition) is 0. The van der Waals surface area contributed by atoms with Gasteiger partial charge in [0.1, 0.15) is 11.6 Å². The van der Waals surface area contributed by atoms with Gasteiger partial charge in [-0.15, -0.1) is 0 Å². The van der Waals surface area contributed by atoms with Gasteiger partial charge in [0.2, 0.25) is 0 Å². The van der Waals surface area contributed by atoms with E-state index in [2.05, 4.69) is 4.98 Å². The van der Waals surface area contributed by atoms with E-state index in [0.717, 1.165) is 16.7 Å². The van der Waals surface area contributed by atoms with Gasteiger partial charge in [-0.05, 0) is 42.0 Å². The highest BCUT2D eigenvalue weighted by Gasteiger charge is 2.17. The lowest BCUT2D eigenvalue weighted by Gasteiger charge is -2.14. The van der Waals surface area contributed by atoms with Gasteiger partial charge in [0.25, 0.3) is 5.56 Å². The van der Waals surface area contributed by atoms with Gasteiger partial charge in [-0.2, -0.15) is 0 Å². The summed E-state index contributed by atoms with van der Waals surface area (Å²) in [6, 6.07) is 15.0. The molecule has 0 aliphatic heterocycles. The van der Waals surface area contributed by atoms with Crippen LogP contribution in [0.1, 0.15) is 5.56 Å². The molecule has 0 saturated heterocycles. The number of fused-ring (bicyclic) bond motifs is 1. The molecule has 0 bridgehead atoms. The molecule has 146 valence electrons. The smallest absolute Gasteiger partial charge is 0.266 e. The molecule has 0 aliphatic carbocycles. The summed E-state index contributed by atoms with van der Waals surface area (Å²) in [4.78, 5) is 17.7. The fraction of sp³-hybridized carbons (Fsp3) is 0.0476. The third kappa shape index (κ3) is 3.88. The van der Waals surface area contributed by atoms with Crippen molar-refractivity contribution in [3.05, 3.63) is 98.3 Å². The first kappa shape index (κ1) is 19.9. The normalized spacial score (nSPS) is 11.2. The van der Waals surface area contributed by atoms with E-state index >= 15 is 0 Å². The molecule has 3 nitrogen and oxygen atoms in total. The minimum absolute atomic E-state index is 0.0811. The summed E-state index contributed by atoms with van der Waals surface area (Å²) in [5.41, 5.74) is 0.620. The van der Waals surface area contributed by atoms with E-state index in [1.165, 1.54) is 17.8 Å². The molecule has 4 rings (SSSR count). The summed E-state index contributed by atoms with van der Waals surface area (Å²) in [7, 11) is 0. The number of para-hydroxylation sites is 1. The lowest BCUT2D eigenvalue weighted by atomic mass is 10.2. The average Bonchev–Trinajstić information content (AvgIpc) is 2.69. The molecule has 0 unspecified atom stereocenters. The highest BCUT2D eigenvalue weighted by atomic mass is 35.5. The third-order valence-corrected chi connectivity index (χ3v) is 5.98. The zero-order valence-electron chi connectivity index (χ0n) is 14.7. The van der Waals surface area contributed by atoms with Gasteiger partial charge in [-0.25, -0.2) is 13.8 Å². The van der Waals surface area contributed by atoms with Crippen LogP contribution >= 0.6 is 35.0 Å². The molecule has 0 aliphatic rings. The molecular weight excluding hydrogens is 437 g/mol. The summed E-state index contributed by atoms with van der Waals surface area (Å²) in [6.45, 7) is 0. The number of thioether (sulfide) groups is 1. The van der Waals surface area contributed by atoms with E-state index in [-0.39, 0.29) is 10.8 Å². The molecule has 3 aromatic carbocycles. The molecule has 0 atom stereocenters. The minimum Gasteiger partial charge on any atom is -0.268 e. The first-order chi connectivity index (χ1) is 14.0. The van der Waals surface area contributed by atoms with Gasteiger partial charge in [-0.1, -0.05) is 53.2 Å². The molecule has 0 amide bonds. The van der Waals surface area contributed by atoms with E-state index in [1.807, 2.05) is 0 Å². The van der Waals surface area contributed by atoms with Crippen LogP contribution in [0.3, 0.4) is 0 Å². The van der Waals surface area contributed by atoms with Crippen LogP contribution in [0.15, 0.2) is 70.6 Å². The molecule has 1 aromatic heterocycles. The van der Waals surface area contributed by atoms with Gasteiger partial charge in [0, 0.05) is 21.9 Å². The standard InChI is InChI=1S/C21H12Cl2F2N2OS/c22-15-5-3-6-16(23)14(15)11-29-21-26-18-7-2-1-4-13(18)20(28)27(21)19-9-8-12(24)10-17(19)25/h1-10H,11H2. The van der Waals surface area contributed by atoms with Crippen LogP contribution in [0, 0.1) is 11.6 Å². The highest BCUT2D eigenvalue weighted by molar-refractivity contribution is 7.98. The van der Waals surface area contributed by atoms with Crippen molar-refractivity contribution in [2.45, 2.75) is 10.9 Å². The van der Waals surface area contributed by atoms with Crippen LogP contribution in [0.4, 0.5) is 8.78 Å². The monoisotopic (exact) mass is 448 g/mol. The largest absolute Gasteiger partial charge is 0.268 e. The maximum atomic E-state index is 14.5. The summed E-state index contributed by atoms with van der Waals surface area (Å²) in [5, 5.41) is 1.53. The summed E-state index contributed by atoms with van der Waals surface area (Å²) in [6.07, 6.45) is 0. The fourth-order valence-electron chi connectivity index (χ4n) is 2.89.